The van der Waals surface area contributed by atoms with E-state index in [0.717, 1.165) is 37.1 Å². The van der Waals surface area contributed by atoms with E-state index in [0.29, 0.717) is 31.0 Å². The predicted octanol–water partition coefficient (Wildman–Crippen LogP) is -0.0293. The van der Waals surface area contributed by atoms with Crippen molar-refractivity contribution < 1.29 is 14.4 Å². The van der Waals surface area contributed by atoms with Gasteiger partial charge in [-0.15, -0.1) is 0 Å². The first kappa shape index (κ1) is 19.6. The molecule has 2 unspecified atom stereocenters. The molecule has 3 aliphatic rings. The minimum atomic E-state index is -0.604. The molecular formula is C20H24N8O3. The Kier molecular flexibility index (Phi) is 5.10. The minimum absolute atomic E-state index is 0.169. The van der Waals surface area contributed by atoms with Crippen molar-refractivity contribution in [2.45, 2.75) is 50.9 Å². The van der Waals surface area contributed by atoms with Crippen molar-refractivity contribution in [2.75, 3.05) is 18.4 Å². The molecular weight excluding hydrogens is 400 g/mol. The standard InChI is InChI=1S/C20H24N8O3/c29-17-6-5-16(18(30)23-17)27-11-13-8-12(3-4-15(13)19(27)31)9-22-20-24-25-26-28(20)14-2-1-7-21-10-14/h3-4,8,14,16,21H,1-2,5-7,9-11H2,(H,22,24,26)(H,23,29,30). The molecule has 5 rings (SSSR count). The number of benzene rings is 1. The lowest BCUT2D eigenvalue weighted by Gasteiger charge is -2.29. The van der Waals surface area contributed by atoms with Crippen LogP contribution in [0.5, 0.6) is 0 Å². The summed E-state index contributed by atoms with van der Waals surface area (Å²) >= 11 is 0. The summed E-state index contributed by atoms with van der Waals surface area (Å²) in [5.74, 6) is -0.235. The molecule has 2 fully saturated rings. The summed E-state index contributed by atoms with van der Waals surface area (Å²) in [7, 11) is 0. The molecule has 31 heavy (non-hydrogen) atoms. The Morgan fingerprint density at radius 3 is 2.90 bits per heavy atom. The topological polar surface area (TPSA) is 134 Å². The maximum Gasteiger partial charge on any atom is 0.255 e. The molecule has 0 saturated carbocycles. The zero-order chi connectivity index (χ0) is 21.4. The third kappa shape index (κ3) is 3.76. The van der Waals surface area contributed by atoms with Crippen LogP contribution in [0.15, 0.2) is 18.2 Å². The van der Waals surface area contributed by atoms with Gasteiger partial charge in [-0.3, -0.25) is 19.7 Å². The first-order valence-electron chi connectivity index (χ1n) is 10.6. The second-order valence-corrected chi connectivity index (χ2v) is 8.19. The summed E-state index contributed by atoms with van der Waals surface area (Å²) < 4.78 is 1.83. The van der Waals surface area contributed by atoms with Crippen molar-refractivity contribution in [1.82, 2.24) is 35.7 Å². The molecule has 4 heterocycles. The molecule has 3 aliphatic heterocycles. The van der Waals surface area contributed by atoms with E-state index < -0.39 is 11.9 Å². The van der Waals surface area contributed by atoms with Crippen LogP contribution in [0.2, 0.25) is 0 Å². The first-order valence-corrected chi connectivity index (χ1v) is 10.6. The molecule has 0 spiro atoms. The van der Waals surface area contributed by atoms with E-state index in [-0.39, 0.29) is 24.3 Å². The van der Waals surface area contributed by atoms with Gasteiger partial charge in [0.25, 0.3) is 5.91 Å². The number of anilines is 1. The number of hydrogen-bond acceptors (Lipinski definition) is 8. The highest BCUT2D eigenvalue weighted by Crippen LogP contribution is 2.28. The van der Waals surface area contributed by atoms with Crippen molar-refractivity contribution in [3.63, 3.8) is 0 Å². The fraction of sp³-hybridized carbons (Fsp3) is 0.500. The van der Waals surface area contributed by atoms with Crippen LogP contribution in [0.4, 0.5) is 5.95 Å². The maximum absolute atomic E-state index is 12.8. The molecule has 2 saturated heterocycles. The largest absolute Gasteiger partial charge is 0.349 e. The van der Waals surface area contributed by atoms with Crippen molar-refractivity contribution in [1.29, 1.82) is 0 Å². The number of aromatic nitrogens is 4. The van der Waals surface area contributed by atoms with E-state index in [1.807, 2.05) is 16.8 Å². The average Bonchev–Trinajstić information content (AvgIpc) is 3.37. The molecule has 0 bridgehead atoms. The number of fused-ring (bicyclic) bond motifs is 1. The van der Waals surface area contributed by atoms with E-state index in [2.05, 4.69) is 31.5 Å². The van der Waals surface area contributed by atoms with Crippen molar-refractivity contribution in [3.8, 4) is 0 Å². The summed E-state index contributed by atoms with van der Waals surface area (Å²) in [5.41, 5.74) is 2.48. The first-order chi connectivity index (χ1) is 15.1. The number of piperidine rings is 2. The summed E-state index contributed by atoms with van der Waals surface area (Å²) in [6.45, 7) is 2.74. The zero-order valence-electron chi connectivity index (χ0n) is 17.0. The van der Waals surface area contributed by atoms with Crippen LogP contribution in [0.3, 0.4) is 0 Å². The monoisotopic (exact) mass is 424 g/mol. The third-order valence-electron chi connectivity index (χ3n) is 6.15. The van der Waals surface area contributed by atoms with E-state index >= 15 is 0 Å². The van der Waals surface area contributed by atoms with Crippen molar-refractivity contribution in [2.24, 2.45) is 0 Å². The van der Waals surface area contributed by atoms with Gasteiger partial charge in [0.05, 0.1) is 6.04 Å². The van der Waals surface area contributed by atoms with Gasteiger partial charge in [0.15, 0.2) is 0 Å². The Morgan fingerprint density at radius 1 is 1.19 bits per heavy atom. The molecule has 162 valence electrons. The van der Waals surface area contributed by atoms with Crippen LogP contribution in [0.1, 0.15) is 53.2 Å². The molecule has 2 atom stereocenters. The van der Waals surface area contributed by atoms with Crippen LogP contribution in [-0.4, -0.2) is 62.0 Å². The molecule has 0 radical (unpaired) electrons. The van der Waals surface area contributed by atoms with Gasteiger partial charge >= 0.3 is 0 Å². The van der Waals surface area contributed by atoms with Gasteiger partial charge in [0.1, 0.15) is 6.04 Å². The molecule has 2 aromatic rings. The SMILES string of the molecule is O=C1CCC(N2Cc3cc(CNc4nnnn4C4CCCNC4)ccc3C2=O)C(=O)N1. The number of carbonyl (C=O) groups is 3. The Labute approximate surface area is 178 Å². The van der Waals surface area contributed by atoms with E-state index in [4.69, 9.17) is 0 Å². The number of nitrogens with zero attached hydrogens (tertiary/aromatic N) is 5. The molecule has 0 aliphatic carbocycles. The number of imide groups is 1. The lowest BCUT2D eigenvalue weighted by molar-refractivity contribution is -0.136. The molecule has 1 aromatic heterocycles. The van der Waals surface area contributed by atoms with Gasteiger partial charge in [-0.25, -0.2) is 4.68 Å². The lowest BCUT2D eigenvalue weighted by Crippen LogP contribution is -2.52. The highest BCUT2D eigenvalue weighted by atomic mass is 16.2. The van der Waals surface area contributed by atoms with Gasteiger partial charge in [0, 0.05) is 31.6 Å². The van der Waals surface area contributed by atoms with Crippen LogP contribution in [0.25, 0.3) is 0 Å². The fourth-order valence-electron chi connectivity index (χ4n) is 4.52. The Balaban J connectivity index is 1.26. The van der Waals surface area contributed by atoms with Gasteiger partial charge in [0.2, 0.25) is 17.8 Å². The van der Waals surface area contributed by atoms with Crippen molar-refractivity contribution >= 4 is 23.7 Å². The second-order valence-electron chi connectivity index (χ2n) is 8.19. The van der Waals surface area contributed by atoms with Crippen LogP contribution in [0, 0.1) is 0 Å². The minimum Gasteiger partial charge on any atom is -0.349 e. The van der Waals surface area contributed by atoms with Gasteiger partial charge in [-0.2, -0.15) is 0 Å². The van der Waals surface area contributed by atoms with Gasteiger partial charge < -0.3 is 15.5 Å². The number of carbonyl (C=O) groups excluding carboxylic acids is 3. The number of nitrogens with one attached hydrogen (secondary N) is 3. The Bertz CT molecular complexity index is 1030. The third-order valence-corrected chi connectivity index (χ3v) is 6.15. The predicted molar refractivity (Wildman–Crippen MR) is 109 cm³/mol. The average molecular weight is 424 g/mol. The quantitative estimate of drug-likeness (QED) is 0.570. The second kappa shape index (κ2) is 8.06. The summed E-state index contributed by atoms with van der Waals surface area (Å²) in [4.78, 5) is 38.0. The normalized spacial score (nSPS) is 23.6. The molecule has 3 amide bonds. The molecule has 3 N–H and O–H groups in total. The Hall–Kier alpha value is -3.34. The number of rotatable bonds is 5. The van der Waals surface area contributed by atoms with E-state index in [1.54, 1.807) is 11.0 Å². The zero-order valence-corrected chi connectivity index (χ0v) is 17.0. The van der Waals surface area contributed by atoms with Crippen LogP contribution >= 0.6 is 0 Å². The van der Waals surface area contributed by atoms with Crippen molar-refractivity contribution in [3.05, 3.63) is 34.9 Å². The number of amides is 3. The summed E-state index contributed by atoms with van der Waals surface area (Å²) in [6.07, 6.45) is 2.73. The summed E-state index contributed by atoms with van der Waals surface area (Å²) in [5, 5.41) is 21.0. The highest BCUT2D eigenvalue weighted by Gasteiger charge is 2.39. The van der Waals surface area contributed by atoms with Crippen LogP contribution in [-0.2, 0) is 22.7 Å². The molecule has 1 aromatic carbocycles. The van der Waals surface area contributed by atoms with Crippen LogP contribution < -0.4 is 16.0 Å². The molecule has 11 heteroatoms. The van der Waals surface area contributed by atoms with E-state index in [9.17, 15) is 14.4 Å². The van der Waals surface area contributed by atoms with E-state index in [1.165, 1.54) is 0 Å². The maximum atomic E-state index is 12.8. The summed E-state index contributed by atoms with van der Waals surface area (Å²) in [6, 6.07) is 5.30. The Morgan fingerprint density at radius 2 is 2.10 bits per heavy atom. The molecule has 11 nitrogen and oxygen atoms in total. The van der Waals surface area contributed by atoms with Gasteiger partial charge in [-0.05, 0) is 53.4 Å². The van der Waals surface area contributed by atoms with Gasteiger partial charge in [-0.1, -0.05) is 17.2 Å². The highest BCUT2D eigenvalue weighted by molar-refractivity contribution is 6.05. The number of tetrazole rings is 1. The fourth-order valence-corrected chi connectivity index (χ4v) is 4.52. The smallest absolute Gasteiger partial charge is 0.255 e. The number of hydrogen-bond donors (Lipinski definition) is 3. The lowest BCUT2D eigenvalue weighted by atomic mass is 10.0.